The molecule has 2 rings (SSSR count). The van der Waals surface area contributed by atoms with Crippen LogP contribution < -0.4 is 0 Å². The van der Waals surface area contributed by atoms with Crippen molar-refractivity contribution >= 4 is 17.5 Å². The molecule has 3 heteroatoms. The lowest BCUT2D eigenvalue weighted by molar-refractivity contribution is 0.101. The van der Waals surface area contributed by atoms with Crippen LogP contribution in [0.25, 0.3) is 0 Å². The monoisotopic (exact) mass is 229 g/mol. The van der Waals surface area contributed by atoms with Gasteiger partial charge < -0.3 is 0 Å². The van der Waals surface area contributed by atoms with E-state index in [4.69, 9.17) is 0 Å². The van der Waals surface area contributed by atoms with E-state index in [9.17, 15) is 4.79 Å². The fraction of sp³-hybridized carbons (Fsp3) is 0.0769. The average molecular weight is 229 g/mol. The first kappa shape index (κ1) is 10.9. The summed E-state index contributed by atoms with van der Waals surface area (Å²) in [5, 5.41) is 0. The molecule has 0 saturated carbocycles. The number of hydrogen-bond acceptors (Lipinski definition) is 3. The summed E-state index contributed by atoms with van der Waals surface area (Å²) < 4.78 is 0. The molecule has 0 fully saturated rings. The number of carbonyl (C=O) groups excluding carboxylic acids is 1. The Morgan fingerprint density at radius 1 is 1.06 bits per heavy atom. The van der Waals surface area contributed by atoms with Gasteiger partial charge >= 0.3 is 0 Å². The van der Waals surface area contributed by atoms with E-state index in [1.807, 2.05) is 36.4 Å². The van der Waals surface area contributed by atoms with E-state index < -0.39 is 0 Å². The molecular formula is C13H11NOS. The molecule has 0 N–H and O–H groups in total. The summed E-state index contributed by atoms with van der Waals surface area (Å²) in [5.41, 5.74) is 0.533. The van der Waals surface area contributed by atoms with Crippen LogP contribution in [0, 0.1) is 0 Å². The maximum absolute atomic E-state index is 11.7. The van der Waals surface area contributed by atoms with Gasteiger partial charge in [-0.1, -0.05) is 24.3 Å². The highest BCUT2D eigenvalue weighted by atomic mass is 32.2. The molecule has 0 aliphatic rings. The molecule has 0 amide bonds. The number of benzene rings is 1. The van der Waals surface area contributed by atoms with Crippen molar-refractivity contribution in [3.05, 3.63) is 60.4 Å². The van der Waals surface area contributed by atoms with Gasteiger partial charge in [-0.2, -0.15) is 0 Å². The van der Waals surface area contributed by atoms with Crippen molar-refractivity contribution in [1.82, 2.24) is 4.98 Å². The van der Waals surface area contributed by atoms with Crippen LogP contribution in [-0.2, 0) is 0 Å². The van der Waals surface area contributed by atoms with Crippen molar-refractivity contribution in [3.8, 4) is 0 Å². The summed E-state index contributed by atoms with van der Waals surface area (Å²) in [5.74, 6) is 0.496. The van der Waals surface area contributed by atoms with Crippen LogP contribution in [0.15, 0.2) is 59.6 Å². The third kappa shape index (κ3) is 2.94. The largest absolute Gasteiger partial charge is 0.291 e. The quantitative estimate of drug-likeness (QED) is 0.596. The highest BCUT2D eigenvalue weighted by Gasteiger charge is 2.06. The smallest absolute Gasteiger partial charge is 0.191 e. The van der Waals surface area contributed by atoms with Gasteiger partial charge in [-0.15, -0.1) is 11.8 Å². The molecule has 0 aliphatic carbocycles. The zero-order valence-corrected chi connectivity index (χ0v) is 9.48. The van der Waals surface area contributed by atoms with Crippen LogP contribution in [0.4, 0.5) is 0 Å². The molecule has 1 aromatic heterocycles. The van der Waals surface area contributed by atoms with Gasteiger partial charge in [0.15, 0.2) is 5.78 Å². The highest BCUT2D eigenvalue weighted by Crippen LogP contribution is 2.17. The number of thioether (sulfide) groups is 1. The second-order valence-electron chi connectivity index (χ2n) is 3.24. The molecule has 0 atom stereocenters. The molecule has 0 bridgehead atoms. The maximum atomic E-state index is 11.7. The molecule has 0 aliphatic heterocycles. The van der Waals surface area contributed by atoms with Crippen LogP contribution >= 0.6 is 11.8 Å². The molecule has 2 aromatic rings. The molecule has 16 heavy (non-hydrogen) atoms. The predicted octanol–water partition coefficient (Wildman–Crippen LogP) is 3.06. The minimum absolute atomic E-state index is 0.0643. The second kappa shape index (κ2) is 5.47. The van der Waals surface area contributed by atoms with E-state index in [0.29, 0.717) is 11.4 Å². The molecule has 80 valence electrons. The number of aromatic nitrogens is 1. The van der Waals surface area contributed by atoms with E-state index in [-0.39, 0.29) is 5.78 Å². The van der Waals surface area contributed by atoms with E-state index in [1.165, 1.54) is 11.8 Å². The fourth-order valence-electron chi connectivity index (χ4n) is 1.27. The SMILES string of the molecule is O=C(CSc1ccccc1)c1ccccn1. The Hall–Kier alpha value is -1.61. The van der Waals surface area contributed by atoms with Crippen molar-refractivity contribution in [1.29, 1.82) is 0 Å². The number of carbonyl (C=O) groups is 1. The van der Waals surface area contributed by atoms with Gasteiger partial charge in [-0.05, 0) is 24.3 Å². The Morgan fingerprint density at radius 2 is 1.81 bits per heavy atom. The van der Waals surface area contributed by atoms with Crippen molar-refractivity contribution < 1.29 is 4.79 Å². The molecule has 0 spiro atoms. The molecule has 2 nitrogen and oxygen atoms in total. The summed E-state index contributed by atoms with van der Waals surface area (Å²) in [4.78, 5) is 16.9. The van der Waals surface area contributed by atoms with Gasteiger partial charge in [-0.25, -0.2) is 0 Å². The van der Waals surface area contributed by atoms with Gasteiger partial charge in [0.1, 0.15) is 5.69 Å². The normalized spacial score (nSPS) is 10.0. The third-order valence-corrected chi connectivity index (χ3v) is 3.08. The van der Waals surface area contributed by atoms with Crippen LogP contribution in [0.1, 0.15) is 10.5 Å². The molecule has 1 heterocycles. The second-order valence-corrected chi connectivity index (χ2v) is 4.29. The summed E-state index contributed by atoms with van der Waals surface area (Å²) in [6.07, 6.45) is 1.64. The van der Waals surface area contributed by atoms with Crippen LogP contribution in [0.3, 0.4) is 0 Å². The van der Waals surface area contributed by atoms with Crippen LogP contribution in [0.5, 0.6) is 0 Å². The number of nitrogens with zero attached hydrogens (tertiary/aromatic N) is 1. The van der Waals surface area contributed by atoms with Crippen LogP contribution in [0.2, 0.25) is 0 Å². The Labute approximate surface area is 98.7 Å². The minimum Gasteiger partial charge on any atom is -0.291 e. The lowest BCUT2D eigenvalue weighted by Crippen LogP contribution is -2.04. The zero-order valence-electron chi connectivity index (χ0n) is 8.67. The van der Waals surface area contributed by atoms with Crippen molar-refractivity contribution in [2.75, 3.05) is 5.75 Å². The van der Waals surface area contributed by atoms with E-state index in [0.717, 1.165) is 4.90 Å². The summed E-state index contributed by atoms with van der Waals surface area (Å²) >= 11 is 1.53. The Bertz CT molecular complexity index is 456. The van der Waals surface area contributed by atoms with Crippen LogP contribution in [-0.4, -0.2) is 16.5 Å². The van der Waals surface area contributed by atoms with Gasteiger partial charge in [0.05, 0.1) is 5.75 Å². The molecule has 1 aromatic carbocycles. The topological polar surface area (TPSA) is 30.0 Å². The average Bonchev–Trinajstić information content (AvgIpc) is 2.38. The number of rotatable bonds is 4. The van der Waals surface area contributed by atoms with Crippen molar-refractivity contribution in [2.45, 2.75) is 4.90 Å². The first-order valence-corrected chi connectivity index (χ1v) is 5.97. The van der Waals surface area contributed by atoms with E-state index in [1.54, 1.807) is 18.3 Å². The maximum Gasteiger partial charge on any atom is 0.191 e. The first-order valence-electron chi connectivity index (χ1n) is 4.98. The predicted molar refractivity (Wildman–Crippen MR) is 65.7 cm³/mol. The van der Waals surface area contributed by atoms with Gasteiger partial charge in [0, 0.05) is 11.1 Å². The molecule has 0 unspecified atom stereocenters. The van der Waals surface area contributed by atoms with Crippen molar-refractivity contribution in [3.63, 3.8) is 0 Å². The molecule has 0 saturated heterocycles. The third-order valence-electron chi connectivity index (χ3n) is 2.06. The van der Waals surface area contributed by atoms with Gasteiger partial charge in [0.25, 0.3) is 0 Å². The molecule has 0 radical (unpaired) electrons. The highest BCUT2D eigenvalue weighted by molar-refractivity contribution is 8.00. The van der Waals surface area contributed by atoms with Crippen molar-refractivity contribution in [2.24, 2.45) is 0 Å². The zero-order chi connectivity index (χ0) is 11.2. The van der Waals surface area contributed by atoms with E-state index in [2.05, 4.69) is 4.98 Å². The first-order chi connectivity index (χ1) is 7.86. The Balaban J connectivity index is 1.95. The van der Waals surface area contributed by atoms with Gasteiger partial charge in [-0.3, -0.25) is 9.78 Å². The summed E-state index contributed by atoms with van der Waals surface area (Å²) in [7, 11) is 0. The Kier molecular flexibility index (Phi) is 3.72. The summed E-state index contributed by atoms with van der Waals surface area (Å²) in [6, 6.07) is 15.3. The standard InChI is InChI=1S/C13H11NOS/c15-13(12-8-4-5-9-14-12)10-16-11-6-2-1-3-7-11/h1-9H,10H2. The lowest BCUT2D eigenvalue weighted by Gasteiger charge is -2.00. The number of pyridine rings is 1. The number of hydrogen-bond donors (Lipinski definition) is 0. The van der Waals surface area contributed by atoms with E-state index >= 15 is 0 Å². The Morgan fingerprint density at radius 3 is 2.50 bits per heavy atom. The number of Topliss-reactive ketones (excluding diaryl/α,β-unsaturated/α-hetero) is 1. The fourth-order valence-corrected chi connectivity index (χ4v) is 2.06. The minimum atomic E-state index is 0.0643. The number of ketones is 1. The summed E-state index contributed by atoms with van der Waals surface area (Å²) in [6.45, 7) is 0. The van der Waals surface area contributed by atoms with Gasteiger partial charge in [0.2, 0.25) is 0 Å². The lowest BCUT2D eigenvalue weighted by atomic mass is 10.3. The molecular weight excluding hydrogens is 218 g/mol.